The van der Waals surface area contributed by atoms with Gasteiger partial charge in [0.05, 0.1) is 35.1 Å². The molecule has 3 amide bonds. The van der Waals surface area contributed by atoms with Crippen LogP contribution in [0.3, 0.4) is 0 Å². The molecular weight excluding hydrogens is 663 g/mol. The van der Waals surface area contributed by atoms with E-state index in [9.17, 15) is 33.5 Å². The molecule has 0 spiro atoms. The van der Waals surface area contributed by atoms with Crippen LogP contribution in [0.4, 0.5) is 4.39 Å². The topological polar surface area (TPSA) is 204 Å². The number of hydrogen-bond donors (Lipinski definition) is 5. The van der Waals surface area contributed by atoms with Crippen molar-refractivity contribution in [3.63, 3.8) is 0 Å². The number of nitrogens with two attached hydrogens (primary N) is 1. The lowest BCUT2D eigenvalue weighted by molar-refractivity contribution is -0.172. The fourth-order valence-electron chi connectivity index (χ4n) is 6.63. The number of aryl methyl sites for hydroxylation is 1. The fraction of sp³-hybridized carbons (Fsp3) is 0.500. The van der Waals surface area contributed by atoms with Crippen LogP contribution < -0.4 is 27.2 Å². The number of halogens is 1. The standard InChI is InChI=1S/C36H43FN6O8/c1-6-36(49)24-10-27-29-22(13-43(27)34(47)23(24)14-50-35(36)48)21(20-9-17(4)25(37)11-26(20)42-29)12-39-33(46)30(19-7-8-19)51-15-40-31(44)18(5)41-32(45)28(38)16(2)3/h9-11,16,18-19,28,30,49H,6-8,12-15,38H2,1-5H3,(H,39,46)(H,40,44)(H,41,45)/t18-,28-,30+,36-/m0/s1. The summed E-state index contributed by atoms with van der Waals surface area (Å²) in [5.74, 6) is -2.85. The van der Waals surface area contributed by atoms with E-state index in [0.717, 1.165) is 12.8 Å². The number of hydrogen-bond acceptors (Lipinski definition) is 10. The zero-order valence-electron chi connectivity index (χ0n) is 29.2. The van der Waals surface area contributed by atoms with Crippen LogP contribution in [0.1, 0.15) is 74.8 Å². The molecule has 3 aliphatic rings. The van der Waals surface area contributed by atoms with Gasteiger partial charge in [0.1, 0.15) is 31.3 Å². The summed E-state index contributed by atoms with van der Waals surface area (Å²) in [5, 5.41) is 20.0. The first-order chi connectivity index (χ1) is 24.2. The van der Waals surface area contributed by atoms with Crippen molar-refractivity contribution >= 4 is 34.6 Å². The molecular formula is C36H43FN6O8. The van der Waals surface area contributed by atoms with Gasteiger partial charge in [-0.2, -0.15) is 0 Å². The zero-order chi connectivity index (χ0) is 36.9. The molecule has 0 saturated heterocycles. The van der Waals surface area contributed by atoms with Crippen LogP contribution in [-0.2, 0) is 53.9 Å². The molecule has 0 unspecified atom stereocenters. The van der Waals surface area contributed by atoms with Gasteiger partial charge >= 0.3 is 5.97 Å². The van der Waals surface area contributed by atoms with E-state index in [2.05, 4.69) is 16.0 Å². The molecule has 1 aromatic carbocycles. The van der Waals surface area contributed by atoms with E-state index >= 15 is 0 Å². The number of nitrogens with zero attached hydrogens (tertiary/aromatic N) is 2. The average molecular weight is 707 g/mol. The Labute approximate surface area is 293 Å². The molecule has 51 heavy (non-hydrogen) atoms. The van der Waals surface area contributed by atoms with Crippen LogP contribution in [0, 0.1) is 24.6 Å². The molecule has 4 atom stereocenters. The third-order valence-electron chi connectivity index (χ3n) is 10.1. The lowest BCUT2D eigenvalue weighted by atomic mass is 9.86. The summed E-state index contributed by atoms with van der Waals surface area (Å²) in [5.41, 5.74) is 6.41. The van der Waals surface area contributed by atoms with Gasteiger partial charge in [0.25, 0.3) is 5.56 Å². The third-order valence-corrected chi connectivity index (χ3v) is 10.1. The number of pyridine rings is 2. The number of benzene rings is 1. The quantitative estimate of drug-likeness (QED) is 0.106. The van der Waals surface area contributed by atoms with Gasteiger partial charge in [0.2, 0.25) is 17.7 Å². The second-order valence-corrected chi connectivity index (χ2v) is 14.0. The Kier molecular flexibility index (Phi) is 9.74. The summed E-state index contributed by atoms with van der Waals surface area (Å²) in [6.07, 6.45) is 0.631. The average Bonchev–Trinajstić information content (AvgIpc) is 3.87. The highest BCUT2D eigenvalue weighted by Gasteiger charge is 2.45. The minimum absolute atomic E-state index is 0.00762. The highest BCUT2D eigenvalue weighted by atomic mass is 19.1. The highest BCUT2D eigenvalue weighted by molar-refractivity contribution is 5.91. The molecule has 1 saturated carbocycles. The van der Waals surface area contributed by atoms with Crippen molar-refractivity contribution in [2.45, 2.75) is 97.4 Å². The molecule has 2 aromatic heterocycles. The van der Waals surface area contributed by atoms with Gasteiger partial charge in [-0.25, -0.2) is 14.2 Å². The Morgan fingerprint density at radius 1 is 1.12 bits per heavy atom. The van der Waals surface area contributed by atoms with E-state index in [0.29, 0.717) is 39.0 Å². The van der Waals surface area contributed by atoms with E-state index < -0.39 is 58.9 Å². The minimum atomic E-state index is -2.01. The highest BCUT2D eigenvalue weighted by Crippen LogP contribution is 2.41. The van der Waals surface area contributed by atoms with Gasteiger partial charge < -0.3 is 40.8 Å². The maximum atomic E-state index is 14.9. The predicted octanol–water partition coefficient (Wildman–Crippen LogP) is 1.50. The van der Waals surface area contributed by atoms with Crippen LogP contribution in [-0.4, -0.2) is 63.3 Å². The molecule has 6 N–H and O–H groups in total. The number of fused-ring (bicyclic) bond motifs is 5. The maximum Gasteiger partial charge on any atom is 0.343 e. The van der Waals surface area contributed by atoms with Crippen molar-refractivity contribution in [3.8, 4) is 11.4 Å². The SMILES string of the molecule is CC[C@@]1(O)C(=O)OCc2c1cc1n(c2=O)Cc2c-1nc1cc(F)c(C)cc1c2CNC(=O)[C@H](OCNC(=O)[C@H](C)NC(=O)[C@@H](N)C(C)C)C1CC1. The number of aliphatic hydroxyl groups is 1. The number of carbonyl (C=O) groups excluding carboxylic acids is 4. The molecule has 6 rings (SSSR count). The van der Waals surface area contributed by atoms with Gasteiger partial charge in [-0.15, -0.1) is 0 Å². The summed E-state index contributed by atoms with van der Waals surface area (Å²) in [6.45, 7) is 7.90. The van der Waals surface area contributed by atoms with Crippen LogP contribution in [0.15, 0.2) is 23.0 Å². The van der Waals surface area contributed by atoms with E-state index in [-0.39, 0.29) is 55.8 Å². The second kappa shape index (κ2) is 13.8. The zero-order valence-corrected chi connectivity index (χ0v) is 29.2. The van der Waals surface area contributed by atoms with E-state index in [4.69, 9.17) is 20.2 Å². The molecule has 3 aromatic rings. The van der Waals surface area contributed by atoms with E-state index in [1.54, 1.807) is 39.8 Å². The first kappa shape index (κ1) is 36.1. The lowest BCUT2D eigenvalue weighted by Gasteiger charge is -2.31. The van der Waals surface area contributed by atoms with Gasteiger partial charge in [-0.1, -0.05) is 20.8 Å². The number of ether oxygens (including phenoxy) is 2. The largest absolute Gasteiger partial charge is 0.458 e. The maximum absolute atomic E-state index is 14.9. The van der Waals surface area contributed by atoms with Crippen molar-refractivity contribution in [1.29, 1.82) is 0 Å². The van der Waals surface area contributed by atoms with Crippen molar-refractivity contribution in [2.24, 2.45) is 17.6 Å². The number of cyclic esters (lactones) is 1. The second-order valence-electron chi connectivity index (χ2n) is 14.0. The monoisotopic (exact) mass is 706 g/mol. The van der Waals surface area contributed by atoms with Gasteiger partial charge in [-0.3, -0.25) is 19.2 Å². The fourth-order valence-corrected chi connectivity index (χ4v) is 6.63. The summed E-state index contributed by atoms with van der Waals surface area (Å²) in [6, 6.07) is 2.89. The lowest BCUT2D eigenvalue weighted by Crippen LogP contribution is -2.52. The van der Waals surface area contributed by atoms with Crippen molar-refractivity contribution < 1.29 is 38.1 Å². The summed E-state index contributed by atoms with van der Waals surface area (Å²) in [7, 11) is 0. The van der Waals surface area contributed by atoms with Gasteiger partial charge in [0.15, 0.2) is 5.60 Å². The first-order valence-electron chi connectivity index (χ1n) is 17.2. The number of esters is 1. The van der Waals surface area contributed by atoms with Crippen molar-refractivity contribution in [1.82, 2.24) is 25.5 Å². The van der Waals surface area contributed by atoms with Crippen molar-refractivity contribution in [3.05, 3.63) is 62.2 Å². The van der Waals surface area contributed by atoms with Gasteiger partial charge in [0, 0.05) is 29.1 Å². The molecule has 272 valence electrons. The van der Waals surface area contributed by atoms with Crippen LogP contribution >= 0.6 is 0 Å². The molecule has 14 nitrogen and oxygen atoms in total. The molecule has 4 heterocycles. The molecule has 1 fully saturated rings. The Morgan fingerprint density at radius 3 is 2.51 bits per heavy atom. The first-order valence-corrected chi connectivity index (χ1v) is 17.2. The number of aromatic nitrogens is 2. The number of nitrogens with one attached hydrogen (secondary N) is 3. The number of carbonyl (C=O) groups is 4. The Balaban J connectivity index is 1.24. The molecule has 0 radical (unpaired) electrons. The number of rotatable bonds is 12. The molecule has 1 aliphatic carbocycles. The summed E-state index contributed by atoms with van der Waals surface area (Å²) < 4.78 is 27.4. The van der Waals surface area contributed by atoms with Crippen LogP contribution in [0.25, 0.3) is 22.3 Å². The normalized spacial score (nSPS) is 19.4. The molecule has 0 bridgehead atoms. The third kappa shape index (κ3) is 6.61. The van der Waals surface area contributed by atoms with E-state index in [1.165, 1.54) is 17.6 Å². The van der Waals surface area contributed by atoms with Gasteiger partial charge in [-0.05, 0) is 68.2 Å². The minimum Gasteiger partial charge on any atom is -0.458 e. The molecule has 15 heteroatoms. The number of amides is 3. The molecule has 2 aliphatic heterocycles. The smallest absolute Gasteiger partial charge is 0.343 e. The summed E-state index contributed by atoms with van der Waals surface area (Å²) in [4.78, 5) is 69.6. The Hall–Kier alpha value is -4.73. The summed E-state index contributed by atoms with van der Waals surface area (Å²) >= 11 is 0. The van der Waals surface area contributed by atoms with Crippen LogP contribution in [0.5, 0.6) is 0 Å². The van der Waals surface area contributed by atoms with Crippen molar-refractivity contribution in [2.75, 3.05) is 6.73 Å². The van der Waals surface area contributed by atoms with Crippen LogP contribution in [0.2, 0.25) is 0 Å². The Morgan fingerprint density at radius 2 is 1.84 bits per heavy atom. The predicted molar refractivity (Wildman–Crippen MR) is 182 cm³/mol. The Bertz CT molecular complexity index is 2010. The van der Waals surface area contributed by atoms with E-state index in [1.807, 2.05) is 0 Å².